The van der Waals surface area contributed by atoms with Crippen molar-refractivity contribution in [1.82, 2.24) is 5.32 Å². The standard InChI is InChI=1S/C26H25ClN4O2S/c1-30-22-14-13-19(27)15-20(22)23(17-9-5-4-6-10-17)28-24(25(30)32)29-26(34)31(2)21-12-8-7-11-18(21)16-33-3/h4-15,24H,16H2,1-3H3,(H,29,34). The maximum absolute atomic E-state index is 13.5. The van der Waals surface area contributed by atoms with Gasteiger partial charge in [0.1, 0.15) is 0 Å². The van der Waals surface area contributed by atoms with E-state index in [2.05, 4.69) is 5.32 Å². The second-order valence-corrected chi connectivity index (χ2v) is 8.70. The van der Waals surface area contributed by atoms with Gasteiger partial charge in [-0.3, -0.25) is 4.79 Å². The lowest BCUT2D eigenvalue weighted by molar-refractivity contribution is -0.119. The summed E-state index contributed by atoms with van der Waals surface area (Å²) in [6, 6.07) is 23.0. The fourth-order valence-electron chi connectivity index (χ4n) is 3.91. The molecule has 1 heterocycles. The predicted molar refractivity (Wildman–Crippen MR) is 142 cm³/mol. The zero-order chi connectivity index (χ0) is 24.2. The van der Waals surface area contributed by atoms with E-state index in [0.717, 1.165) is 28.1 Å². The number of methoxy groups -OCH3 is 1. The summed E-state index contributed by atoms with van der Waals surface area (Å²) in [6.45, 7) is 0.445. The molecule has 0 aromatic heterocycles. The zero-order valence-electron chi connectivity index (χ0n) is 19.2. The molecule has 0 saturated carbocycles. The maximum Gasteiger partial charge on any atom is 0.272 e. The van der Waals surface area contributed by atoms with Crippen molar-refractivity contribution < 1.29 is 9.53 Å². The molecule has 0 bridgehead atoms. The summed E-state index contributed by atoms with van der Waals surface area (Å²) in [6.07, 6.45) is -0.920. The molecule has 6 nitrogen and oxygen atoms in total. The van der Waals surface area contributed by atoms with Gasteiger partial charge in [0.15, 0.2) is 5.11 Å². The van der Waals surface area contributed by atoms with Crippen LogP contribution in [0.1, 0.15) is 16.7 Å². The van der Waals surface area contributed by atoms with Gasteiger partial charge in [-0.25, -0.2) is 4.99 Å². The second kappa shape index (κ2) is 10.3. The number of carbonyl (C=O) groups excluding carboxylic acids is 1. The van der Waals surface area contributed by atoms with Crippen LogP contribution in [0.5, 0.6) is 0 Å². The molecule has 4 rings (SSSR count). The number of benzene rings is 3. The molecule has 1 N–H and O–H groups in total. The lowest BCUT2D eigenvalue weighted by Gasteiger charge is -2.27. The summed E-state index contributed by atoms with van der Waals surface area (Å²) >= 11 is 12.0. The topological polar surface area (TPSA) is 57.2 Å². The van der Waals surface area contributed by atoms with E-state index in [4.69, 9.17) is 33.5 Å². The number of thiocarbonyl (C=S) groups is 1. The molecule has 0 aliphatic carbocycles. The van der Waals surface area contributed by atoms with Crippen LogP contribution in [0.25, 0.3) is 0 Å². The number of benzodiazepines with no additional fused rings is 1. The van der Waals surface area contributed by atoms with Crippen molar-refractivity contribution in [3.63, 3.8) is 0 Å². The van der Waals surface area contributed by atoms with Crippen LogP contribution in [0, 0.1) is 0 Å². The van der Waals surface area contributed by atoms with Crippen LogP contribution < -0.4 is 15.1 Å². The largest absolute Gasteiger partial charge is 0.380 e. The molecule has 0 spiro atoms. The lowest BCUT2D eigenvalue weighted by atomic mass is 10.0. The first-order chi connectivity index (χ1) is 16.4. The van der Waals surface area contributed by atoms with E-state index in [1.165, 1.54) is 0 Å². The Hall–Kier alpha value is -3.26. The summed E-state index contributed by atoms with van der Waals surface area (Å²) in [5.74, 6) is -0.226. The average Bonchev–Trinajstić information content (AvgIpc) is 2.95. The highest BCUT2D eigenvalue weighted by Crippen LogP contribution is 2.30. The van der Waals surface area contributed by atoms with Crippen molar-refractivity contribution in [3.05, 3.63) is 94.5 Å². The summed E-state index contributed by atoms with van der Waals surface area (Å²) in [5, 5.41) is 4.10. The highest BCUT2D eigenvalue weighted by molar-refractivity contribution is 7.80. The van der Waals surface area contributed by atoms with Gasteiger partial charge in [-0.2, -0.15) is 0 Å². The molecular weight excluding hydrogens is 468 g/mol. The Kier molecular flexibility index (Phi) is 7.26. The van der Waals surface area contributed by atoms with Crippen molar-refractivity contribution in [3.8, 4) is 0 Å². The van der Waals surface area contributed by atoms with Gasteiger partial charge in [-0.15, -0.1) is 0 Å². The Labute approximate surface area is 209 Å². The van der Waals surface area contributed by atoms with Crippen molar-refractivity contribution in [2.45, 2.75) is 12.8 Å². The van der Waals surface area contributed by atoms with E-state index >= 15 is 0 Å². The van der Waals surface area contributed by atoms with Crippen LogP contribution in [-0.2, 0) is 16.1 Å². The van der Waals surface area contributed by atoms with Crippen LogP contribution in [0.15, 0.2) is 77.8 Å². The van der Waals surface area contributed by atoms with Gasteiger partial charge in [0.2, 0.25) is 6.17 Å². The summed E-state index contributed by atoms with van der Waals surface area (Å²) < 4.78 is 5.32. The molecule has 1 amide bonds. The van der Waals surface area contributed by atoms with Crippen LogP contribution in [0.2, 0.25) is 5.02 Å². The van der Waals surface area contributed by atoms with Crippen molar-refractivity contribution >= 4 is 51.9 Å². The first-order valence-electron chi connectivity index (χ1n) is 10.7. The number of carbonyl (C=O) groups is 1. The Morgan fingerprint density at radius 3 is 2.59 bits per heavy atom. The molecule has 174 valence electrons. The molecule has 1 atom stereocenters. The minimum atomic E-state index is -0.920. The molecular formula is C26H25ClN4O2S. The highest BCUT2D eigenvalue weighted by Gasteiger charge is 2.31. The molecule has 1 unspecified atom stereocenters. The van der Waals surface area contributed by atoms with E-state index in [-0.39, 0.29) is 5.91 Å². The van der Waals surface area contributed by atoms with Crippen LogP contribution in [0.3, 0.4) is 0 Å². The monoisotopic (exact) mass is 492 g/mol. The van der Waals surface area contributed by atoms with E-state index in [1.54, 1.807) is 25.1 Å². The number of rotatable bonds is 5. The van der Waals surface area contributed by atoms with Gasteiger partial charge in [-0.1, -0.05) is 60.1 Å². The predicted octanol–water partition coefficient (Wildman–Crippen LogP) is 4.64. The number of hydrogen-bond donors (Lipinski definition) is 1. The average molecular weight is 493 g/mol. The number of aliphatic imine (C=N–C) groups is 1. The Balaban J connectivity index is 1.72. The third kappa shape index (κ3) is 4.82. The van der Waals surface area contributed by atoms with Gasteiger partial charge in [0, 0.05) is 48.6 Å². The Bertz CT molecular complexity index is 1250. The number of nitrogens with zero attached hydrogens (tertiary/aromatic N) is 3. The van der Waals surface area contributed by atoms with Gasteiger partial charge >= 0.3 is 0 Å². The third-order valence-electron chi connectivity index (χ3n) is 5.66. The van der Waals surface area contributed by atoms with E-state index in [1.807, 2.05) is 78.7 Å². The number of ether oxygens (including phenoxy) is 1. The number of nitrogens with one attached hydrogen (secondary N) is 1. The van der Waals surface area contributed by atoms with Gasteiger partial charge in [0.25, 0.3) is 5.91 Å². The molecule has 1 aliphatic heterocycles. The van der Waals surface area contributed by atoms with Gasteiger partial charge in [0.05, 0.1) is 18.0 Å². The van der Waals surface area contributed by atoms with Crippen molar-refractivity contribution in [2.24, 2.45) is 4.99 Å². The maximum atomic E-state index is 13.5. The number of likely N-dealkylation sites (N-methyl/N-ethyl adjacent to an activating group) is 1. The summed E-state index contributed by atoms with van der Waals surface area (Å²) in [4.78, 5) is 21.7. The number of hydrogen-bond acceptors (Lipinski definition) is 4. The van der Waals surface area contributed by atoms with Crippen LogP contribution in [-0.4, -0.2) is 44.1 Å². The van der Waals surface area contributed by atoms with Crippen LogP contribution in [0.4, 0.5) is 11.4 Å². The van der Waals surface area contributed by atoms with E-state index < -0.39 is 6.17 Å². The molecule has 0 saturated heterocycles. The molecule has 8 heteroatoms. The molecule has 1 aliphatic rings. The quantitative estimate of drug-likeness (QED) is 0.526. The number of fused-ring (bicyclic) bond motifs is 1. The Morgan fingerprint density at radius 2 is 1.85 bits per heavy atom. The third-order valence-corrected chi connectivity index (χ3v) is 6.29. The number of amides is 1. The highest BCUT2D eigenvalue weighted by atomic mass is 35.5. The van der Waals surface area contributed by atoms with E-state index in [9.17, 15) is 4.79 Å². The molecule has 34 heavy (non-hydrogen) atoms. The molecule has 0 fully saturated rings. The second-order valence-electron chi connectivity index (χ2n) is 7.88. The summed E-state index contributed by atoms with van der Waals surface area (Å²) in [7, 11) is 5.23. The van der Waals surface area contributed by atoms with Crippen LogP contribution >= 0.6 is 23.8 Å². The smallest absolute Gasteiger partial charge is 0.272 e. The molecule has 0 radical (unpaired) electrons. The fourth-order valence-corrected chi connectivity index (χ4v) is 4.29. The Morgan fingerprint density at radius 1 is 1.15 bits per heavy atom. The van der Waals surface area contributed by atoms with Crippen molar-refractivity contribution in [2.75, 3.05) is 31.0 Å². The van der Waals surface area contributed by atoms with Gasteiger partial charge < -0.3 is 19.9 Å². The normalized spacial score (nSPS) is 15.3. The van der Waals surface area contributed by atoms with Crippen molar-refractivity contribution in [1.29, 1.82) is 0 Å². The first kappa shape index (κ1) is 23.9. The fraction of sp³-hybridized carbons (Fsp3) is 0.192. The molecule has 3 aromatic rings. The molecule has 3 aromatic carbocycles. The number of para-hydroxylation sites is 1. The SMILES string of the molecule is COCc1ccccc1N(C)C(=S)NC1N=C(c2ccccc2)c2cc(Cl)ccc2N(C)C1=O. The number of anilines is 2. The minimum absolute atomic E-state index is 0.226. The minimum Gasteiger partial charge on any atom is -0.380 e. The lowest BCUT2D eigenvalue weighted by Crippen LogP contribution is -2.50. The zero-order valence-corrected chi connectivity index (χ0v) is 20.7. The number of halogens is 1. The van der Waals surface area contributed by atoms with Gasteiger partial charge in [-0.05, 0) is 36.5 Å². The first-order valence-corrected chi connectivity index (χ1v) is 11.5. The van der Waals surface area contributed by atoms with E-state index in [0.29, 0.717) is 22.5 Å². The summed E-state index contributed by atoms with van der Waals surface area (Å²) in [5.41, 5.74) is 4.92.